The molecule has 2 amide bonds. The molecule has 0 unspecified atom stereocenters. The Morgan fingerprint density at radius 3 is 2.64 bits per heavy atom. The summed E-state index contributed by atoms with van der Waals surface area (Å²) in [5.41, 5.74) is 0.317. The zero-order valence-corrected chi connectivity index (χ0v) is 15.9. The minimum absolute atomic E-state index is 0. The predicted molar refractivity (Wildman–Crippen MR) is 94.7 cm³/mol. The van der Waals surface area contributed by atoms with Gasteiger partial charge in [0, 0.05) is 32.8 Å². The van der Waals surface area contributed by atoms with Gasteiger partial charge >= 0.3 is 0 Å². The Morgan fingerprint density at radius 2 is 2.04 bits per heavy atom. The maximum atomic E-state index is 12.5. The van der Waals surface area contributed by atoms with E-state index in [1.807, 2.05) is 0 Å². The van der Waals surface area contributed by atoms with Gasteiger partial charge in [0.05, 0.1) is 18.7 Å². The van der Waals surface area contributed by atoms with Crippen molar-refractivity contribution in [2.24, 2.45) is 0 Å². The Bertz CT molecular complexity index is 754. The van der Waals surface area contributed by atoms with E-state index in [2.05, 4.69) is 5.32 Å². The number of benzene rings is 1. The summed E-state index contributed by atoms with van der Waals surface area (Å²) in [7, 11) is 0.897. The molecule has 2 rings (SSSR count). The summed E-state index contributed by atoms with van der Waals surface area (Å²) in [6.45, 7) is 1.15. The number of amides is 2. The molecular formula is C15H22ClN3O5S. The number of rotatable bonds is 7. The van der Waals surface area contributed by atoms with Crippen molar-refractivity contribution >= 4 is 34.2 Å². The molecule has 10 heteroatoms. The van der Waals surface area contributed by atoms with Crippen LogP contribution in [-0.2, 0) is 14.8 Å². The second-order valence-corrected chi connectivity index (χ2v) is 7.25. The number of fused-ring (bicyclic) bond motifs is 1. The average Bonchev–Trinajstić information content (AvgIpc) is 2.76. The zero-order valence-electron chi connectivity index (χ0n) is 14.3. The van der Waals surface area contributed by atoms with Crippen LogP contribution in [0.4, 0.5) is 0 Å². The lowest BCUT2D eigenvalue weighted by atomic mass is 10.1. The Labute approximate surface area is 153 Å². The molecule has 0 saturated carbocycles. The molecule has 1 aromatic rings. The summed E-state index contributed by atoms with van der Waals surface area (Å²) < 4.78 is 30.7. The van der Waals surface area contributed by atoms with E-state index in [-0.39, 0.29) is 47.5 Å². The van der Waals surface area contributed by atoms with E-state index in [1.54, 1.807) is 14.1 Å². The van der Waals surface area contributed by atoms with Crippen molar-refractivity contribution in [3.8, 4) is 0 Å². The van der Waals surface area contributed by atoms with Gasteiger partial charge in [-0.2, -0.15) is 0 Å². The first-order valence-electron chi connectivity index (χ1n) is 7.44. The third kappa shape index (κ3) is 4.12. The SMILES string of the molecule is CNCCN(C)C(=O)c1ccc2c(c1)S(=O)(=O)N(CCOC)C2=O.Cl. The van der Waals surface area contributed by atoms with Crippen LogP contribution in [0.15, 0.2) is 23.1 Å². The number of hydrogen-bond acceptors (Lipinski definition) is 6. The number of likely N-dealkylation sites (N-methyl/N-ethyl adjacent to an activating group) is 2. The number of sulfonamides is 1. The number of halogens is 1. The summed E-state index contributed by atoms with van der Waals surface area (Å²) in [6, 6.07) is 4.14. The van der Waals surface area contributed by atoms with Crippen LogP contribution in [0.1, 0.15) is 20.7 Å². The Hall–Kier alpha value is -1.68. The van der Waals surface area contributed by atoms with Gasteiger partial charge in [0.1, 0.15) is 4.90 Å². The number of nitrogens with one attached hydrogen (secondary N) is 1. The fraction of sp³-hybridized carbons (Fsp3) is 0.467. The Balaban J connectivity index is 0.00000312. The van der Waals surface area contributed by atoms with Crippen molar-refractivity contribution in [3.63, 3.8) is 0 Å². The topological polar surface area (TPSA) is 96.0 Å². The molecule has 0 saturated heterocycles. The summed E-state index contributed by atoms with van der Waals surface area (Å²) in [4.78, 5) is 26.0. The number of ether oxygens (including phenoxy) is 1. The van der Waals surface area contributed by atoms with Gasteiger partial charge in [0.25, 0.3) is 21.8 Å². The highest BCUT2D eigenvalue weighted by atomic mass is 35.5. The maximum absolute atomic E-state index is 12.5. The highest BCUT2D eigenvalue weighted by molar-refractivity contribution is 7.90. The number of nitrogens with zero attached hydrogens (tertiary/aromatic N) is 2. The van der Waals surface area contributed by atoms with Gasteiger partial charge in [0.15, 0.2) is 0 Å². The van der Waals surface area contributed by atoms with Crippen LogP contribution in [0.25, 0.3) is 0 Å². The number of hydrogen-bond donors (Lipinski definition) is 1. The molecule has 1 aromatic carbocycles. The summed E-state index contributed by atoms with van der Waals surface area (Å²) >= 11 is 0. The third-order valence-corrected chi connectivity index (χ3v) is 5.62. The highest BCUT2D eigenvalue weighted by Gasteiger charge is 2.41. The lowest BCUT2D eigenvalue weighted by Crippen LogP contribution is -2.33. The fourth-order valence-electron chi connectivity index (χ4n) is 2.41. The second kappa shape index (κ2) is 8.61. The highest BCUT2D eigenvalue weighted by Crippen LogP contribution is 2.31. The fourth-order valence-corrected chi connectivity index (χ4v) is 3.98. The van der Waals surface area contributed by atoms with E-state index in [0.29, 0.717) is 13.1 Å². The van der Waals surface area contributed by atoms with E-state index in [0.717, 1.165) is 4.31 Å². The van der Waals surface area contributed by atoms with E-state index in [4.69, 9.17) is 4.74 Å². The average molecular weight is 392 g/mol. The van der Waals surface area contributed by atoms with E-state index < -0.39 is 15.9 Å². The van der Waals surface area contributed by atoms with Gasteiger partial charge < -0.3 is 15.0 Å². The minimum Gasteiger partial charge on any atom is -0.383 e. The molecule has 8 nitrogen and oxygen atoms in total. The zero-order chi connectivity index (χ0) is 17.9. The van der Waals surface area contributed by atoms with Crippen molar-refractivity contribution < 1.29 is 22.7 Å². The molecule has 0 aliphatic carbocycles. The van der Waals surface area contributed by atoms with Gasteiger partial charge in [-0.1, -0.05) is 0 Å². The first-order valence-corrected chi connectivity index (χ1v) is 8.88. The van der Waals surface area contributed by atoms with Crippen LogP contribution < -0.4 is 5.32 Å². The molecule has 1 aliphatic rings. The van der Waals surface area contributed by atoms with Crippen molar-refractivity contribution in [1.82, 2.24) is 14.5 Å². The van der Waals surface area contributed by atoms with E-state index >= 15 is 0 Å². The molecule has 1 aliphatic heterocycles. The molecule has 0 radical (unpaired) electrons. The standard InChI is InChI=1S/C15H21N3O5S.ClH/c1-16-6-7-17(2)14(19)11-4-5-12-13(10-11)24(21,22)18(15(12)20)8-9-23-3;/h4-5,10,16H,6-9H2,1-3H3;1H. The van der Waals surface area contributed by atoms with Crippen LogP contribution in [0.5, 0.6) is 0 Å². The molecule has 1 heterocycles. The molecule has 0 spiro atoms. The Kier molecular flexibility index (Phi) is 7.36. The molecule has 0 bridgehead atoms. The van der Waals surface area contributed by atoms with Crippen LogP contribution in [-0.4, -0.2) is 76.9 Å². The molecule has 0 aromatic heterocycles. The molecule has 0 fully saturated rings. The number of methoxy groups -OCH3 is 1. The Morgan fingerprint density at radius 1 is 1.36 bits per heavy atom. The maximum Gasteiger partial charge on any atom is 0.269 e. The monoisotopic (exact) mass is 391 g/mol. The first kappa shape index (κ1) is 21.4. The van der Waals surface area contributed by atoms with Gasteiger partial charge in [-0.05, 0) is 25.2 Å². The lowest BCUT2D eigenvalue weighted by Gasteiger charge is -2.17. The van der Waals surface area contributed by atoms with Crippen LogP contribution in [0.2, 0.25) is 0 Å². The molecule has 0 atom stereocenters. The van der Waals surface area contributed by atoms with Crippen molar-refractivity contribution in [3.05, 3.63) is 29.3 Å². The van der Waals surface area contributed by atoms with E-state index in [1.165, 1.54) is 30.2 Å². The van der Waals surface area contributed by atoms with Crippen LogP contribution >= 0.6 is 12.4 Å². The second-order valence-electron chi connectivity index (χ2n) is 5.42. The lowest BCUT2D eigenvalue weighted by molar-refractivity contribution is 0.0794. The molecular weight excluding hydrogens is 370 g/mol. The first-order chi connectivity index (χ1) is 11.3. The number of carbonyl (C=O) groups is 2. The largest absolute Gasteiger partial charge is 0.383 e. The van der Waals surface area contributed by atoms with E-state index in [9.17, 15) is 18.0 Å². The van der Waals surface area contributed by atoms with Crippen molar-refractivity contribution in [1.29, 1.82) is 0 Å². The summed E-state index contributed by atoms with van der Waals surface area (Å²) in [5, 5.41) is 2.94. The molecule has 25 heavy (non-hydrogen) atoms. The minimum atomic E-state index is -3.95. The van der Waals surface area contributed by atoms with Gasteiger partial charge in [-0.25, -0.2) is 12.7 Å². The van der Waals surface area contributed by atoms with Crippen LogP contribution in [0, 0.1) is 0 Å². The third-order valence-electron chi connectivity index (χ3n) is 3.80. The van der Waals surface area contributed by atoms with Crippen LogP contribution in [0.3, 0.4) is 0 Å². The smallest absolute Gasteiger partial charge is 0.269 e. The van der Waals surface area contributed by atoms with Gasteiger partial charge in [0.2, 0.25) is 0 Å². The molecule has 140 valence electrons. The summed E-state index contributed by atoms with van der Waals surface area (Å²) in [5.74, 6) is -0.893. The summed E-state index contributed by atoms with van der Waals surface area (Å²) in [6.07, 6.45) is 0. The van der Waals surface area contributed by atoms with Crippen molar-refractivity contribution in [2.75, 3.05) is 47.4 Å². The normalized spacial score (nSPS) is 14.8. The quantitative estimate of drug-likeness (QED) is 0.712. The predicted octanol–water partition coefficient (Wildman–Crippen LogP) is 0.191. The van der Waals surface area contributed by atoms with Gasteiger partial charge in [-0.3, -0.25) is 9.59 Å². The van der Waals surface area contributed by atoms with Crippen molar-refractivity contribution in [2.45, 2.75) is 4.90 Å². The number of carbonyl (C=O) groups excluding carboxylic acids is 2. The molecule has 1 N–H and O–H groups in total. The van der Waals surface area contributed by atoms with Gasteiger partial charge in [-0.15, -0.1) is 12.4 Å².